The summed E-state index contributed by atoms with van der Waals surface area (Å²) in [4.78, 5) is 0. The topological polar surface area (TPSA) is 24.1 Å². The molecule has 0 aliphatic rings. The van der Waals surface area contributed by atoms with E-state index in [2.05, 4.69) is 41.8 Å². The second kappa shape index (κ2) is 8.76. The van der Waals surface area contributed by atoms with E-state index < -0.39 is 0 Å². The fraction of sp³-hybridized carbons (Fsp3) is 0.278. The Hall–Kier alpha value is -1.58. The molecule has 0 aliphatic heterocycles. The van der Waals surface area contributed by atoms with Crippen LogP contribution < -0.4 is 10.6 Å². The largest absolute Gasteiger partial charge is 0.362 e. The molecule has 4 heteroatoms. The van der Waals surface area contributed by atoms with Gasteiger partial charge in [0.2, 0.25) is 0 Å². The Kier molecular flexibility index (Phi) is 6.69. The Labute approximate surface area is 142 Å². The van der Waals surface area contributed by atoms with Crippen molar-refractivity contribution in [2.75, 3.05) is 11.9 Å². The standard InChI is InChI=1S/C18H21ClN2S/c1-2-14(12-15-6-4-3-5-7-15)13-20-18(22)21-17-10-8-16(19)9-11-17/h3-11,14H,2,12-13H2,1H3,(H2,20,21,22)/t14-/m0/s1. The van der Waals surface area contributed by atoms with Crippen LogP contribution in [0.5, 0.6) is 0 Å². The zero-order valence-electron chi connectivity index (χ0n) is 12.7. The van der Waals surface area contributed by atoms with E-state index in [0.29, 0.717) is 11.0 Å². The summed E-state index contributed by atoms with van der Waals surface area (Å²) < 4.78 is 0. The van der Waals surface area contributed by atoms with E-state index in [0.717, 1.165) is 30.1 Å². The number of hydrogen-bond acceptors (Lipinski definition) is 1. The van der Waals surface area contributed by atoms with Gasteiger partial charge in [-0.2, -0.15) is 0 Å². The number of benzene rings is 2. The maximum Gasteiger partial charge on any atom is 0.170 e. The van der Waals surface area contributed by atoms with Gasteiger partial charge in [-0.05, 0) is 54.4 Å². The highest BCUT2D eigenvalue weighted by Gasteiger charge is 2.08. The number of anilines is 1. The Bertz CT molecular complexity index is 584. The molecule has 22 heavy (non-hydrogen) atoms. The van der Waals surface area contributed by atoms with Gasteiger partial charge in [0.1, 0.15) is 0 Å². The first-order valence-electron chi connectivity index (χ1n) is 7.51. The minimum atomic E-state index is 0.562. The molecule has 1 atom stereocenters. The zero-order chi connectivity index (χ0) is 15.8. The Morgan fingerprint density at radius 2 is 1.77 bits per heavy atom. The molecule has 0 aliphatic carbocycles. The van der Waals surface area contributed by atoms with Gasteiger partial charge in [-0.15, -0.1) is 0 Å². The van der Waals surface area contributed by atoms with Gasteiger partial charge in [0.15, 0.2) is 5.11 Å². The number of halogens is 1. The number of rotatable bonds is 6. The summed E-state index contributed by atoms with van der Waals surface area (Å²) in [6, 6.07) is 18.1. The minimum Gasteiger partial charge on any atom is -0.362 e. The molecule has 2 rings (SSSR count). The third-order valence-electron chi connectivity index (χ3n) is 3.60. The van der Waals surface area contributed by atoms with E-state index in [-0.39, 0.29) is 0 Å². The molecule has 0 saturated heterocycles. The minimum absolute atomic E-state index is 0.562. The van der Waals surface area contributed by atoms with Crippen molar-refractivity contribution in [1.82, 2.24) is 5.32 Å². The summed E-state index contributed by atoms with van der Waals surface area (Å²) in [7, 11) is 0. The van der Waals surface area contributed by atoms with Crippen LogP contribution in [0.15, 0.2) is 54.6 Å². The first-order valence-corrected chi connectivity index (χ1v) is 8.30. The van der Waals surface area contributed by atoms with Crippen LogP contribution in [0.25, 0.3) is 0 Å². The highest BCUT2D eigenvalue weighted by atomic mass is 35.5. The van der Waals surface area contributed by atoms with Crippen LogP contribution >= 0.6 is 23.8 Å². The molecule has 116 valence electrons. The smallest absolute Gasteiger partial charge is 0.170 e. The number of nitrogens with one attached hydrogen (secondary N) is 2. The molecule has 2 aromatic carbocycles. The van der Waals surface area contributed by atoms with Gasteiger partial charge >= 0.3 is 0 Å². The van der Waals surface area contributed by atoms with E-state index in [4.69, 9.17) is 23.8 Å². The van der Waals surface area contributed by atoms with Gasteiger partial charge in [-0.25, -0.2) is 0 Å². The lowest BCUT2D eigenvalue weighted by atomic mass is 9.97. The van der Waals surface area contributed by atoms with E-state index in [1.165, 1.54) is 5.56 Å². The normalized spacial score (nSPS) is 11.7. The summed E-state index contributed by atoms with van der Waals surface area (Å²) in [6.07, 6.45) is 2.18. The number of hydrogen-bond donors (Lipinski definition) is 2. The molecule has 0 heterocycles. The lowest BCUT2D eigenvalue weighted by Crippen LogP contribution is -2.33. The molecule has 2 nitrogen and oxygen atoms in total. The van der Waals surface area contributed by atoms with Crippen molar-refractivity contribution >= 4 is 34.6 Å². The third-order valence-corrected chi connectivity index (χ3v) is 4.10. The molecule has 0 amide bonds. The van der Waals surface area contributed by atoms with Crippen molar-refractivity contribution in [3.8, 4) is 0 Å². The maximum atomic E-state index is 5.87. The first-order chi connectivity index (χ1) is 10.7. The van der Waals surface area contributed by atoms with Gasteiger partial charge in [0.25, 0.3) is 0 Å². The van der Waals surface area contributed by atoms with Crippen molar-refractivity contribution in [3.63, 3.8) is 0 Å². The molecule has 0 fully saturated rings. The van der Waals surface area contributed by atoms with E-state index in [1.807, 2.05) is 30.3 Å². The second-order valence-corrected chi connectivity index (χ2v) is 6.15. The molecule has 0 spiro atoms. The first kappa shape index (κ1) is 16.8. The summed E-state index contributed by atoms with van der Waals surface area (Å²) >= 11 is 11.2. The molecule has 0 aromatic heterocycles. The molecular formula is C18H21ClN2S. The van der Waals surface area contributed by atoms with Gasteiger partial charge in [0, 0.05) is 17.3 Å². The lowest BCUT2D eigenvalue weighted by molar-refractivity contribution is 0.498. The van der Waals surface area contributed by atoms with E-state index in [1.54, 1.807) is 0 Å². The van der Waals surface area contributed by atoms with Crippen molar-refractivity contribution in [2.24, 2.45) is 5.92 Å². The van der Waals surface area contributed by atoms with Crippen LogP contribution in [0.3, 0.4) is 0 Å². The monoisotopic (exact) mass is 332 g/mol. The number of thiocarbonyl (C=S) groups is 1. The predicted molar refractivity (Wildman–Crippen MR) is 99.6 cm³/mol. The molecule has 2 aromatic rings. The average molecular weight is 333 g/mol. The van der Waals surface area contributed by atoms with Gasteiger partial charge < -0.3 is 10.6 Å². The van der Waals surface area contributed by atoms with Crippen LogP contribution in [0, 0.1) is 5.92 Å². The Morgan fingerprint density at radius 3 is 2.41 bits per heavy atom. The van der Waals surface area contributed by atoms with E-state index >= 15 is 0 Å². The van der Waals surface area contributed by atoms with Gasteiger partial charge in [0.05, 0.1) is 0 Å². The molecule has 0 saturated carbocycles. The average Bonchev–Trinajstić information content (AvgIpc) is 2.54. The summed E-state index contributed by atoms with van der Waals surface area (Å²) in [5.74, 6) is 0.562. The SMILES string of the molecule is CC[C@H](CNC(=S)Nc1ccc(Cl)cc1)Cc1ccccc1. The molecule has 2 N–H and O–H groups in total. The highest BCUT2D eigenvalue weighted by molar-refractivity contribution is 7.80. The van der Waals surface area contributed by atoms with Crippen molar-refractivity contribution in [1.29, 1.82) is 0 Å². The second-order valence-electron chi connectivity index (χ2n) is 5.31. The quantitative estimate of drug-likeness (QED) is 0.736. The summed E-state index contributed by atoms with van der Waals surface area (Å²) in [6.45, 7) is 3.08. The molecule has 0 radical (unpaired) electrons. The van der Waals surface area contributed by atoms with Crippen LogP contribution in [0.2, 0.25) is 5.02 Å². The molecule has 0 unspecified atom stereocenters. The maximum absolute atomic E-state index is 5.87. The fourth-order valence-electron chi connectivity index (χ4n) is 2.25. The van der Waals surface area contributed by atoms with Gasteiger partial charge in [-0.3, -0.25) is 0 Å². The summed E-state index contributed by atoms with van der Waals surface area (Å²) in [5.41, 5.74) is 2.31. The van der Waals surface area contributed by atoms with Crippen LogP contribution in [-0.4, -0.2) is 11.7 Å². The fourth-order valence-corrected chi connectivity index (χ4v) is 2.58. The van der Waals surface area contributed by atoms with Crippen LogP contribution in [0.1, 0.15) is 18.9 Å². The predicted octanol–water partition coefficient (Wildman–Crippen LogP) is 4.90. The third kappa shape index (κ3) is 5.66. The summed E-state index contributed by atoms with van der Waals surface area (Å²) in [5, 5.41) is 7.85. The van der Waals surface area contributed by atoms with E-state index in [9.17, 15) is 0 Å². The molecular weight excluding hydrogens is 312 g/mol. The zero-order valence-corrected chi connectivity index (χ0v) is 14.3. The Morgan fingerprint density at radius 1 is 1.09 bits per heavy atom. The molecule has 0 bridgehead atoms. The van der Waals surface area contributed by atoms with Crippen LogP contribution in [-0.2, 0) is 6.42 Å². The van der Waals surface area contributed by atoms with Crippen molar-refractivity contribution in [3.05, 3.63) is 65.2 Å². The van der Waals surface area contributed by atoms with Crippen LogP contribution in [0.4, 0.5) is 5.69 Å². The highest BCUT2D eigenvalue weighted by Crippen LogP contribution is 2.14. The van der Waals surface area contributed by atoms with Gasteiger partial charge in [-0.1, -0.05) is 55.3 Å². The Balaban J connectivity index is 1.79. The lowest BCUT2D eigenvalue weighted by Gasteiger charge is -2.17. The van der Waals surface area contributed by atoms with Crippen molar-refractivity contribution < 1.29 is 0 Å². The van der Waals surface area contributed by atoms with Crippen molar-refractivity contribution in [2.45, 2.75) is 19.8 Å².